The Hall–Kier alpha value is -1.45. The van der Waals surface area contributed by atoms with Gasteiger partial charge in [0, 0.05) is 32.2 Å². The van der Waals surface area contributed by atoms with Gasteiger partial charge in [0.25, 0.3) is 0 Å². The van der Waals surface area contributed by atoms with Gasteiger partial charge in [0.05, 0.1) is 0 Å². The predicted octanol–water partition coefficient (Wildman–Crippen LogP) is -0.777. The zero-order chi connectivity index (χ0) is 15.5. The second-order valence-corrected chi connectivity index (χ2v) is 6.83. The molecule has 2 heterocycles. The molecule has 1 aliphatic heterocycles. The Morgan fingerprint density at radius 1 is 1.62 bits per heavy atom. The van der Waals surface area contributed by atoms with Gasteiger partial charge >= 0.3 is 0 Å². The van der Waals surface area contributed by atoms with Gasteiger partial charge in [0.1, 0.15) is 23.2 Å². The Morgan fingerprint density at radius 2 is 2.38 bits per heavy atom. The van der Waals surface area contributed by atoms with Crippen LogP contribution in [-0.4, -0.2) is 56.0 Å². The third-order valence-corrected chi connectivity index (χ3v) is 5.02. The molecule has 0 radical (unpaired) electrons. The predicted molar refractivity (Wildman–Crippen MR) is 75.9 cm³/mol. The van der Waals surface area contributed by atoms with E-state index in [1.54, 1.807) is 19.9 Å². The first-order chi connectivity index (χ1) is 9.94. The van der Waals surface area contributed by atoms with Crippen LogP contribution in [0.25, 0.3) is 0 Å². The summed E-state index contributed by atoms with van der Waals surface area (Å²) in [6.07, 6.45) is 0. The third kappa shape index (κ3) is 3.80. The summed E-state index contributed by atoms with van der Waals surface area (Å²) in [7, 11) is -3.63. The SMILES string of the molecule is CCNC(=O)C1CNCCN1S(=O)(=O)Cc1cc(C)on1. The Balaban J connectivity index is 2.17. The molecule has 1 aliphatic rings. The number of amides is 1. The van der Waals surface area contributed by atoms with Gasteiger partial charge in [-0.25, -0.2) is 8.42 Å². The molecule has 2 N–H and O–H groups in total. The number of carbonyl (C=O) groups is 1. The molecule has 2 rings (SSSR count). The van der Waals surface area contributed by atoms with Crippen molar-refractivity contribution in [2.24, 2.45) is 0 Å². The van der Waals surface area contributed by atoms with Gasteiger partial charge < -0.3 is 15.2 Å². The smallest absolute Gasteiger partial charge is 0.239 e. The van der Waals surface area contributed by atoms with Gasteiger partial charge in [-0.3, -0.25) is 4.79 Å². The average molecular weight is 316 g/mol. The van der Waals surface area contributed by atoms with E-state index >= 15 is 0 Å². The minimum Gasteiger partial charge on any atom is -0.361 e. The number of hydrogen-bond acceptors (Lipinski definition) is 6. The summed E-state index contributed by atoms with van der Waals surface area (Å²) in [5, 5.41) is 9.41. The van der Waals surface area contributed by atoms with Crippen LogP contribution >= 0.6 is 0 Å². The summed E-state index contributed by atoms with van der Waals surface area (Å²) in [6, 6.07) is 0.859. The highest BCUT2D eigenvalue weighted by Crippen LogP contribution is 2.16. The summed E-state index contributed by atoms with van der Waals surface area (Å²) < 4.78 is 31.2. The number of aromatic nitrogens is 1. The van der Waals surface area contributed by atoms with Crippen LogP contribution in [0.3, 0.4) is 0 Å². The second-order valence-electron chi connectivity index (χ2n) is 4.91. The number of carbonyl (C=O) groups excluding carboxylic acids is 1. The number of sulfonamides is 1. The van der Waals surface area contributed by atoms with Gasteiger partial charge in [-0.15, -0.1) is 0 Å². The van der Waals surface area contributed by atoms with E-state index in [0.29, 0.717) is 31.1 Å². The number of likely N-dealkylation sites (N-methyl/N-ethyl adjacent to an activating group) is 1. The lowest BCUT2D eigenvalue weighted by Crippen LogP contribution is -2.59. The number of rotatable bonds is 5. The molecular weight excluding hydrogens is 296 g/mol. The van der Waals surface area contributed by atoms with Crippen molar-refractivity contribution < 1.29 is 17.7 Å². The maximum atomic E-state index is 12.5. The zero-order valence-corrected chi connectivity index (χ0v) is 12.9. The van der Waals surface area contributed by atoms with E-state index in [-0.39, 0.29) is 18.2 Å². The first-order valence-corrected chi connectivity index (χ1v) is 8.45. The molecule has 0 aromatic carbocycles. The molecule has 0 bridgehead atoms. The maximum Gasteiger partial charge on any atom is 0.239 e. The van der Waals surface area contributed by atoms with Crippen LogP contribution in [0.1, 0.15) is 18.4 Å². The average Bonchev–Trinajstić information content (AvgIpc) is 2.83. The van der Waals surface area contributed by atoms with Crippen molar-refractivity contribution in [2.75, 3.05) is 26.2 Å². The summed E-state index contributed by atoms with van der Waals surface area (Å²) in [5.74, 6) is 0.00524. The molecule has 1 saturated heterocycles. The monoisotopic (exact) mass is 316 g/mol. The van der Waals surface area contributed by atoms with Crippen LogP contribution in [0.15, 0.2) is 10.6 Å². The van der Waals surface area contributed by atoms with E-state index < -0.39 is 16.1 Å². The van der Waals surface area contributed by atoms with Crippen LogP contribution in [0.2, 0.25) is 0 Å². The Labute approximate surface area is 123 Å². The van der Waals surface area contributed by atoms with Crippen molar-refractivity contribution in [3.8, 4) is 0 Å². The maximum absolute atomic E-state index is 12.5. The van der Waals surface area contributed by atoms with Crippen molar-refractivity contribution in [1.29, 1.82) is 0 Å². The number of nitrogens with one attached hydrogen (secondary N) is 2. The molecule has 0 spiro atoms. The molecule has 1 aromatic rings. The molecule has 0 aliphatic carbocycles. The van der Waals surface area contributed by atoms with Crippen molar-refractivity contribution >= 4 is 15.9 Å². The van der Waals surface area contributed by atoms with E-state index in [0.717, 1.165) is 0 Å². The zero-order valence-electron chi connectivity index (χ0n) is 12.1. The fraction of sp³-hybridized carbons (Fsp3) is 0.667. The fourth-order valence-corrected chi connectivity index (χ4v) is 3.89. The van der Waals surface area contributed by atoms with Gasteiger partial charge in [0.15, 0.2) is 0 Å². The molecule has 1 amide bonds. The molecule has 1 aromatic heterocycles. The van der Waals surface area contributed by atoms with Crippen LogP contribution in [0.4, 0.5) is 0 Å². The van der Waals surface area contributed by atoms with Gasteiger partial charge in [-0.1, -0.05) is 5.16 Å². The lowest BCUT2D eigenvalue weighted by Gasteiger charge is -2.33. The lowest BCUT2D eigenvalue weighted by molar-refractivity contribution is -0.125. The number of aryl methyl sites for hydroxylation is 1. The molecule has 118 valence electrons. The fourth-order valence-electron chi connectivity index (χ4n) is 2.29. The molecule has 1 atom stereocenters. The summed E-state index contributed by atoms with van der Waals surface area (Å²) in [6.45, 7) is 5.05. The first-order valence-electron chi connectivity index (χ1n) is 6.84. The highest BCUT2D eigenvalue weighted by atomic mass is 32.2. The Bertz CT molecular complexity index is 598. The standard InChI is InChI=1S/C12H20N4O4S/c1-3-14-12(17)11-7-13-4-5-16(11)21(18,19)8-10-6-9(2)20-15-10/h6,11,13H,3-5,7-8H2,1-2H3,(H,14,17). The third-order valence-electron chi connectivity index (χ3n) is 3.21. The molecule has 1 fully saturated rings. The van der Waals surface area contributed by atoms with Gasteiger partial charge in [0.2, 0.25) is 15.9 Å². The lowest BCUT2D eigenvalue weighted by atomic mass is 10.2. The highest BCUT2D eigenvalue weighted by molar-refractivity contribution is 7.88. The first kappa shape index (κ1) is 15.9. The largest absolute Gasteiger partial charge is 0.361 e. The number of piperazine rings is 1. The van der Waals surface area contributed by atoms with E-state index in [2.05, 4.69) is 15.8 Å². The topological polar surface area (TPSA) is 105 Å². The minimum absolute atomic E-state index is 0.264. The summed E-state index contributed by atoms with van der Waals surface area (Å²) in [4.78, 5) is 12.0. The van der Waals surface area contributed by atoms with E-state index in [4.69, 9.17) is 4.52 Å². The van der Waals surface area contributed by atoms with Gasteiger partial charge in [-0.05, 0) is 13.8 Å². The molecule has 21 heavy (non-hydrogen) atoms. The number of hydrogen-bond donors (Lipinski definition) is 2. The van der Waals surface area contributed by atoms with Crippen molar-refractivity contribution in [3.05, 3.63) is 17.5 Å². The van der Waals surface area contributed by atoms with Crippen LogP contribution in [0, 0.1) is 6.92 Å². The highest BCUT2D eigenvalue weighted by Gasteiger charge is 2.36. The molecule has 0 saturated carbocycles. The molecule has 8 nitrogen and oxygen atoms in total. The quantitative estimate of drug-likeness (QED) is 0.738. The Morgan fingerprint density at radius 3 is 3.00 bits per heavy atom. The normalized spacial score (nSPS) is 20.4. The second kappa shape index (κ2) is 6.54. The van der Waals surface area contributed by atoms with E-state index in [9.17, 15) is 13.2 Å². The summed E-state index contributed by atoms with van der Waals surface area (Å²) in [5.41, 5.74) is 0.348. The van der Waals surface area contributed by atoms with Crippen LogP contribution < -0.4 is 10.6 Å². The van der Waals surface area contributed by atoms with Crippen molar-refractivity contribution in [2.45, 2.75) is 25.6 Å². The number of nitrogens with zero attached hydrogens (tertiary/aromatic N) is 2. The molecule has 1 unspecified atom stereocenters. The molecule has 9 heteroatoms. The summed E-state index contributed by atoms with van der Waals surface area (Å²) >= 11 is 0. The Kier molecular flexibility index (Phi) is 4.96. The van der Waals surface area contributed by atoms with E-state index in [1.807, 2.05) is 0 Å². The van der Waals surface area contributed by atoms with Crippen molar-refractivity contribution in [3.63, 3.8) is 0 Å². The van der Waals surface area contributed by atoms with Crippen LogP contribution in [0.5, 0.6) is 0 Å². The molecular formula is C12H20N4O4S. The van der Waals surface area contributed by atoms with Crippen molar-refractivity contribution in [1.82, 2.24) is 20.1 Å². The van der Waals surface area contributed by atoms with Gasteiger partial charge in [-0.2, -0.15) is 4.31 Å². The minimum atomic E-state index is -3.63. The van der Waals surface area contributed by atoms with E-state index in [1.165, 1.54) is 4.31 Å². The van der Waals surface area contributed by atoms with Crippen LogP contribution in [-0.2, 0) is 20.6 Å².